The van der Waals surface area contributed by atoms with Crippen LogP contribution in [0.1, 0.15) is 5.69 Å². The molecule has 0 saturated heterocycles. The molecule has 0 fully saturated rings. The summed E-state index contributed by atoms with van der Waals surface area (Å²) in [5.74, 6) is 0. The maximum Gasteiger partial charge on any atom is 0.124 e. The summed E-state index contributed by atoms with van der Waals surface area (Å²) >= 11 is 1.61. The number of thiophene rings is 1. The van der Waals surface area contributed by atoms with E-state index in [9.17, 15) is 0 Å². The van der Waals surface area contributed by atoms with Crippen molar-refractivity contribution in [3.05, 3.63) is 54.6 Å². The van der Waals surface area contributed by atoms with Gasteiger partial charge in [-0.3, -0.25) is 4.98 Å². The van der Waals surface area contributed by atoms with E-state index >= 15 is 0 Å². The normalized spacial score (nSPS) is 11.7. The molecule has 3 N–H and O–H groups in total. The molecule has 98 valence electrons. The Morgan fingerprint density at radius 3 is 2.90 bits per heavy atom. The lowest BCUT2D eigenvalue weighted by atomic mass is 10.2. The van der Waals surface area contributed by atoms with Gasteiger partial charge in [-0.1, -0.05) is 6.07 Å². The first kappa shape index (κ1) is 12.5. The molecule has 3 rings (SSSR count). The highest BCUT2D eigenvalue weighted by Crippen LogP contribution is 2.32. The van der Waals surface area contributed by atoms with Gasteiger partial charge in [0.05, 0.1) is 5.69 Å². The van der Waals surface area contributed by atoms with Gasteiger partial charge >= 0.3 is 0 Å². The number of hydrogen-bond acceptors (Lipinski definition) is 5. The van der Waals surface area contributed by atoms with Crippen LogP contribution in [0.15, 0.2) is 48.9 Å². The maximum absolute atomic E-state index is 7.33. The highest BCUT2D eigenvalue weighted by atomic mass is 32.1. The van der Waals surface area contributed by atoms with Gasteiger partial charge in [0, 0.05) is 46.2 Å². The maximum atomic E-state index is 7.33. The summed E-state index contributed by atoms with van der Waals surface area (Å²) < 4.78 is 0. The number of nitrogens with zero attached hydrogens (tertiary/aromatic N) is 2. The van der Waals surface area contributed by atoms with E-state index in [0.717, 1.165) is 26.4 Å². The van der Waals surface area contributed by atoms with Crippen molar-refractivity contribution in [2.24, 2.45) is 5.73 Å². The van der Waals surface area contributed by atoms with Crippen molar-refractivity contribution in [2.45, 2.75) is 0 Å². The second kappa shape index (κ2) is 5.22. The van der Waals surface area contributed by atoms with Gasteiger partial charge in [0.25, 0.3) is 0 Å². The standard InChI is InChI=1S/C15H12N4S/c16-7-12(8-17)13-4-3-10-6-14(20-15(10)19-13)11-2-1-5-18-9-11/h1-9,16H,17H2/b12-8+,16-7?. The number of nitrogens with two attached hydrogens (primary N) is 1. The molecule has 3 aromatic heterocycles. The second-order valence-electron chi connectivity index (χ2n) is 4.21. The van der Waals surface area contributed by atoms with E-state index in [2.05, 4.69) is 16.0 Å². The number of rotatable bonds is 3. The largest absolute Gasteiger partial charge is 0.404 e. The first-order valence-electron chi connectivity index (χ1n) is 6.05. The fraction of sp³-hybridized carbons (Fsp3) is 0. The van der Waals surface area contributed by atoms with Gasteiger partial charge in [-0.05, 0) is 24.3 Å². The fourth-order valence-electron chi connectivity index (χ4n) is 1.94. The molecule has 0 aliphatic carbocycles. The summed E-state index contributed by atoms with van der Waals surface area (Å²) in [6.07, 6.45) is 6.21. The van der Waals surface area contributed by atoms with Crippen LogP contribution in [0.3, 0.4) is 0 Å². The van der Waals surface area contributed by atoms with Crippen molar-refractivity contribution in [3.8, 4) is 10.4 Å². The van der Waals surface area contributed by atoms with Gasteiger partial charge in [-0.25, -0.2) is 4.98 Å². The third-order valence-electron chi connectivity index (χ3n) is 2.96. The minimum absolute atomic E-state index is 0.614. The van der Waals surface area contributed by atoms with Crippen molar-refractivity contribution in [1.82, 2.24) is 9.97 Å². The molecule has 0 aliphatic rings. The minimum atomic E-state index is 0.614. The molecule has 3 aromatic rings. The third-order valence-corrected chi connectivity index (χ3v) is 4.05. The van der Waals surface area contributed by atoms with Gasteiger partial charge in [0.1, 0.15) is 4.83 Å². The molecular formula is C15H12N4S. The lowest BCUT2D eigenvalue weighted by Crippen LogP contribution is -1.93. The minimum Gasteiger partial charge on any atom is -0.404 e. The lowest BCUT2D eigenvalue weighted by molar-refractivity contribution is 1.33. The molecular weight excluding hydrogens is 268 g/mol. The quantitative estimate of drug-likeness (QED) is 0.723. The average molecular weight is 280 g/mol. The number of nitrogens with one attached hydrogen (secondary N) is 1. The van der Waals surface area contributed by atoms with E-state index in [1.807, 2.05) is 30.5 Å². The predicted molar refractivity (Wildman–Crippen MR) is 83.8 cm³/mol. The SMILES string of the molecule is N=C/C(=C\N)c1ccc2cc(-c3cccnc3)sc2n1. The summed E-state index contributed by atoms with van der Waals surface area (Å²) in [4.78, 5) is 10.8. The van der Waals surface area contributed by atoms with Crippen molar-refractivity contribution in [3.63, 3.8) is 0 Å². The summed E-state index contributed by atoms with van der Waals surface area (Å²) in [6.45, 7) is 0. The van der Waals surface area contributed by atoms with E-state index < -0.39 is 0 Å². The molecule has 0 spiro atoms. The molecule has 0 bridgehead atoms. The lowest BCUT2D eigenvalue weighted by Gasteiger charge is -1.98. The van der Waals surface area contributed by atoms with Crippen LogP contribution in [0.5, 0.6) is 0 Å². The first-order valence-corrected chi connectivity index (χ1v) is 6.87. The zero-order valence-electron chi connectivity index (χ0n) is 10.6. The molecule has 0 radical (unpaired) electrons. The Kier molecular flexibility index (Phi) is 3.26. The van der Waals surface area contributed by atoms with Gasteiger partial charge in [0.2, 0.25) is 0 Å². The molecule has 0 aliphatic heterocycles. The number of fused-ring (bicyclic) bond motifs is 1. The van der Waals surface area contributed by atoms with Crippen LogP contribution in [0.25, 0.3) is 26.2 Å². The van der Waals surface area contributed by atoms with Crippen LogP contribution in [-0.2, 0) is 0 Å². The fourth-order valence-corrected chi connectivity index (χ4v) is 2.96. The van der Waals surface area contributed by atoms with Crippen molar-refractivity contribution >= 4 is 33.3 Å². The van der Waals surface area contributed by atoms with Gasteiger partial charge in [-0.15, -0.1) is 11.3 Å². The van der Waals surface area contributed by atoms with Gasteiger partial charge in [-0.2, -0.15) is 0 Å². The van der Waals surface area contributed by atoms with E-state index in [4.69, 9.17) is 11.1 Å². The topological polar surface area (TPSA) is 75.7 Å². The number of allylic oxidation sites excluding steroid dienone is 1. The summed E-state index contributed by atoms with van der Waals surface area (Å²) in [6, 6.07) is 9.93. The zero-order valence-corrected chi connectivity index (χ0v) is 11.4. The summed E-state index contributed by atoms with van der Waals surface area (Å²) in [5.41, 5.74) is 7.91. The Labute approximate surface area is 120 Å². The molecule has 3 heterocycles. The molecule has 0 atom stereocenters. The molecule has 0 amide bonds. The zero-order chi connectivity index (χ0) is 13.9. The van der Waals surface area contributed by atoms with Crippen LogP contribution in [0, 0.1) is 5.41 Å². The summed E-state index contributed by atoms with van der Waals surface area (Å²) in [5, 5.41) is 8.41. The Morgan fingerprint density at radius 2 is 2.20 bits per heavy atom. The second-order valence-corrected chi connectivity index (χ2v) is 5.24. The van der Waals surface area contributed by atoms with Crippen LogP contribution < -0.4 is 5.73 Å². The molecule has 20 heavy (non-hydrogen) atoms. The summed E-state index contributed by atoms with van der Waals surface area (Å²) in [7, 11) is 0. The van der Waals surface area contributed by atoms with Crippen LogP contribution in [0.4, 0.5) is 0 Å². The Bertz CT molecular complexity index is 790. The molecule has 4 nitrogen and oxygen atoms in total. The number of aromatic nitrogens is 2. The number of pyridine rings is 2. The molecule has 0 unspecified atom stereocenters. The van der Waals surface area contributed by atoms with Crippen molar-refractivity contribution < 1.29 is 0 Å². The van der Waals surface area contributed by atoms with E-state index in [-0.39, 0.29) is 0 Å². The van der Waals surface area contributed by atoms with Crippen molar-refractivity contribution in [1.29, 1.82) is 5.41 Å². The highest BCUT2D eigenvalue weighted by Gasteiger charge is 2.07. The van der Waals surface area contributed by atoms with Crippen LogP contribution in [0.2, 0.25) is 0 Å². The van der Waals surface area contributed by atoms with Gasteiger partial charge < -0.3 is 11.1 Å². The predicted octanol–water partition coefficient (Wildman–Crippen LogP) is 3.31. The Hall–Kier alpha value is -2.53. The van der Waals surface area contributed by atoms with Gasteiger partial charge in [0.15, 0.2) is 0 Å². The van der Waals surface area contributed by atoms with Crippen molar-refractivity contribution in [2.75, 3.05) is 0 Å². The monoisotopic (exact) mass is 280 g/mol. The highest BCUT2D eigenvalue weighted by molar-refractivity contribution is 7.21. The van der Waals surface area contributed by atoms with Crippen LogP contribution in [-0.4, -0.2) is 16.2 Å². The smallest absolute Gasteiger partial charge is 0.124 e. The first-order chi connectivity index (χ1) is 9.81. The van der Waals surface area contributed by atoms with E-state index in [1.54, 1.807) is 17.5 Å². The molecule has 5 heteroatoms. The Morgan fingerprint density at radius 1 is 1.30 bits per heavy atom. The molecule has 0 saturated carbocycles. The Balaban J connectivity index is 2.10. The average Bonchev–Trinajstić information content (AvgIpc) is 2.93. The van der Waals surface area contributed by atoms with Crippen LogP contribution >= 0.6 is 11.3 Å². The van der Waals surface area contributed by atoms with E-state index in [1.165, 1.54) is 12.4 Å². The van der Waals surface area contributed by atoms with E-state index in [0.29, 0.717) is 5.57 Å². The molecule has 0 aromatic carbocycles. The third kappa shape index (κ3) is 2.19. The number of hydrogen-bond donors (Lipinski definition) is 2.